The number of fused-ring (bicyclic) bond motifs is 1. The molecule has 0 aliphatic rings. The first-order chi connectivity index (χ1) is 9.58. The lowest BCUT2D eigenvalue weighted by Crippen LogP contribution is -2.30. The Balaban J connectivity index is 2.34. The van der Waals surface area contributed by atoms with Gasteiger partial charge in [0.05, 0.1) is 16.1 Å². The molecule has 2 nitrogen and oxygen atoms in total. The van der Waals surface area contributed by atoms with Crippen molar-refractivity contribution >= 4 is 21.6 Å². The van der Waals surface area contributed by atoms with Crippen LogP contribution in [0.25, 0.3) is 21.5 Å². The molecule has 2 heterocycles. The largest absolute Gasteiger partial charge is 0.240 e. The molecule has 3 aromatic rings. The van der Waals surface area contributed by atoms with E-state index in [-0.39, 0.29) is 0 Å². The minimum atomic E-state index is 0.474. The normalized spacial score (nSPS) is 11.4. The summed E-state index contributed by atoms with van der Waals surface area (Å²) in [5, 5.41) is 1.21. The van der Waals surface area contributed by atoms with Gasteiger partial charge >= 0.3 is 0 Å². The second-order valence-electron chi connectivity index (χ2n) is 5.51. The molecule has 0 spiro atoms. The molecule has 0 amide bonds. The van der Waals surface area contributed by atoms with E-state index in [1.807, 2.05) is 11.3 Å². The highest BCUT2D eigenvalue weighted by Crippen LogP contribution is 2.34. The minimum Gasteiger partial charge on any atom is -0.240 e. The fourth-order valence-electron chi connectivity index (χ4n) is 2.45. The van der Waals surface area contributed by atoms with Gasteiger partial charge in [0, 0.05) is 12.0 Å². The molecular weight excluding hydrogens is 264 g/mol. The zero-order chi connectivity index (χ0) is 14.3. The van der Waals surface area contributed by atoms with Crippen molar-refractivity contribution < 1.29 is 4.57 Å². The maximum atomic E-state index is 4.77. The van der Waals surface area contributed by atoms with E-state index in [0.717, 1.165) is 5.52 Å². The van der Waals surface area contributed by atoms with Crippen molar-refractivity contribution in [1.29, 1.82) is 0 Å². The molecule has 0 radical (unpaired) electrons. The van der Waals surface area contributed by atoms with Gasteiger partial charge in [0.25, 0.3) is 0 Å². The lowest BCUT2D eigenvalue weighted by molar-refractivity contribution is -0.659. The molecule has 0 unspecified atom stereocenters. The van der Waals surface area contributed by atoms with Crippen molar-refractivity contribution in [2.75, 3.05) is 0 Å². The van der Waals surface area contributed by atoms with E-state index in [9.17, 15) is 0 Å². The fourth-order valence-corrected chi connectivity index (χ4v) is 3.60. The van der Waals surface area contributed by atoms with Crippen LogP contribution in [0.3, 0.4) is 0 Å². The summed E-state index contributed by atoms with van der Waals surface area (Å²) in [6.07, 6.45) is 2.11. The van der Waals surface area contributed by atoms with Crippen molar-refractivity contribution in [2.24, 2.45) is 7.05 Å². The highest BCUT2D eigenvalue weighted by molar-refractivity contribution is 7.19. The first kappa shape index (κ1) is 13.3. The van der Waals surface area contributed by atoms with Crippen LogP contribution in [0.4, 0.5) is 0 Å². The first-order valence-corrected chi connectivity index (χ1v) is 7.74. The zero-order valence-electron chi connectivity index (χ0n) is 12.3. The van der Waals surface area contributed by atoms with E-state index >= 15 is 0 Å². The van der Waals surface area contributed by atoms with Gasteiger partial charge in [-0.15, -0.1) is 11.3 Å². The maximum Gasteiger partial charge on any atom is 0.232 e. The molecule has 3 rings (SSSR count). The summed E-state index contributed by atoms with van der Waals surface area (Å²) < 4.78 is 3.49. The number of aryl methyl sites for hydroxylation is 2. The molecule has 0 aliphatic carbocycles. The van der Waals surface area contributed by atoms with Gasteiger partial charge in [-0.1, -0.05) is 32.0 Å². The zero-order valence-corrected chi connectivity index (χ0v) is 13.2. The van der Waals surface area contributed by atoms with Crippen molar-refractivity contribution in [2.45, 2.75) is 26.7 Å². The maximum absolute atomic E-state index is 4.77. The number of hydrogen-bond acceptors (Lipinski definition) is 2. The number of benzene rings is 1. The highest BCUT2D eigenvalue weighted by atomic mass is 32.1. The molecule has 2 aromatic heterocycles. The molecule has 0 N–H and O–H groups in total. The smallest absolute Gasteiger partial charge is 0.232 e. The third-order valence-electron chi connectivity index (χ3n) is 3.59. The Morgan fingerprint density at radius 1 is 1.15 bits per heavy atom. The molecule has 0 aliphatic heterocycles. The van der Waals surface area contributed by atoms with Crippen LogP contribution in [0.2, 0.25) is 0 Å². The Kier molecular flexibility index (Phi) is 3.30. The topological polar surface area (TPSA) is 16.8 Å². The summed E-state index contributed by atoms with van der Waals surface area (Å²) in [7, 11) is 2.11. The van der Waals surface area contributed by atoms with Gasteiger partial charge in [0.15, 0.2) is 6.20 Å². The number of rotatable bonds is 2. The van der Waals surface area contributed by atoms with Gasteiger partial charge in [0.2, 0.25) is 5.69 Å². The lowest BCUT2D eigenvalue weighted by atomic mass is 10.0. The lowest BCUT2D eigenvalue weighted by Gasteiger charge is -2.04. The van der Waals surface area contributed by atoms with Gasteiger partial charge in [-0.05, 0) is 18.6 Å². The summed E-state index contributed by atoms with van der Waals surface area (Å²) in [6.45, 7) is 6.56. The van der Waals surface area contributed by atoms with Gasteiger partial charge in [0.1, 0.15) is 11.7 Å². The molecule has 0 fully saturated rings. The molecule has 0 saturated heterocycles. The van der Waals surface area contributed by atoms with E-state index in [4.69, 9.17) is 4.98 Å². The Morgan fingerprint density at radius 2 is 1.90 bits per heavy atom. The quantitative estimate of drug-likeness (QED) is 0.643. The Labute approximate surface area is 123 Å². The van der Waals surface area contributed by atoms with E-state index in [0.29, 0.717) is 5.92 Å². The van der Waals surface area contributed by atoms with Crippen LogP contribution in [0.15, 0.2) is 36.5 Å². The van der Waals surface area contributed by atoms with Gasteiger partial charge in [-0.2, -0.15) is 4.57 Å². The van der Waals surface area contributed by atoms with Gasteiger partial charge in [-0.3, -0.25) is 0 Å². The second kappa shape index (κ2) is 4.98. The molecule has 0 atom stereocenters. The monoisotopic (exact) mass is 283 g/mol. The predicted molar refractivity (Wildman–Crippen MR) is 85.1 cm³/mol. The van der Waals surface area contributed by atoms with Crippen molar-refractivity contribution in [1.82, 2.24) is 4.98 Å². The third-order valence-corrected chi connectivity index (χ3v) is 4.97. The molecule has 0 bridgehead atoms. The number of pyridine rings is 1. The summed E-state index contributed by atoms with van der Waals surface area (Å²) in [4.78, 5) is 4.77. The molecular formula is C17H19N2S+. The SMILES string of the molecule is Cc1ccccc1-c1c2sc(C(C)C)nc2cc[n+]1C. The fraction of sp³-hybridized carbons (Fsp3) is 0.294. The third kappa shape index (κ3) is 2.12. The van der Waals surface area contributed by atoms with Crippen molar-refractivity contribution in [3.8, 4) is 11.3 Å². The number of hydrogen-bond donors (Lipinski definition) is 0. The molecule has 102 valence electrons. The van der Waals surface area contributed by atoms with Gasteiger partial charge in [-0.25, -0.2) is 4.98 Å². The molecule has 0 saturated carbocycles. The van der Waals surface area contributed by atoms with Crippen LogP contribution >= 0.6 is 11.3 Å². The van der Waals surface area contributed by atoms with Crippen LogP contribution in [0, 0.1) is 6.92 Å². The average Bonchev–Trinajstić information content (AvgIpc) is 2.84. The summed E-state index contributed by atoms with van der Waals surface area (Å²) in [6, 6.07) is 10.7. The Bertz CT molecular complexity index is 772. The number of nitrogens with zero attached hydrogens (tertiary/aromatic N) is 2. The van der Waals surface area contributed by atoms with E-state index in [1.165, 1.54) is 26.5 Å². The van der Waals surface area contributed by atoms with E-state index < -0.39 is 0 Å². The second-order valence-corrected chi connectivity index (χ2v) is 6.54. The molecule has 1 aromatic carbocycles. The first-order valence-electron chi connectivity index (χ1n) is 6.93. The van der Waals surface area contributed by atoms with E-state index in [1.54, 1.807) is 0 Å². The molecule has 20 heavy (non-hydrogen) atoms. The summed E-state index contributed by atoms with van der Waals surface area (Å²) in [5.41, 5.74) is 4.97. The van der Waals surface area contributed by atoms with Crippen molar-refractivity contribution in [3.05, 3.63) is 47.1 Å². The van der Waals surface area contributed by atoms with Crippen molar-refractivity contribution in [3.63, 3.8) is 0 Å². The molecule has 3 heteroatoms. The van der Waals surface area contributed by atoms with Crippen LogP contribution < -0.4 is 4.57 Å². The summed E-state index contributed by atoms with van der Waals surface area (Å²) in [5.74, 6) is 0.474. The van der Waals surface area contributed by atoms with Gasteiger partial charge < -0.3 is 0 Å². The van der Waals surface area contributed by atoms with Crippen LogP contribution in [-0.2, 0) is 7.05 Å². The standard InChI is InChI=1S/C17H19N2S/c1-11(2)17-18-14-9-10-19(4)15(16(14)20-17)13-8-6-5-7-12(13)3/h5-11H,1-4H3/q+1. The Hall–Kier alpha value is -1.74. The van der Waals surface area contributed by atoms with Crippen LogP contribution in [0.5, 0.6) is 0 Å². The number of aromatic nitrogens is 2. The number of thiazole rings is 1. The summed E-state index contributed by atoms with van der Waals surface area (Å²) >= 11 is 1.82. The predicted octanol–water partition coefficient (Wildman–Crippen LogP) is 4.22. The van der Waals surface area contributed by atoms with E-state index in [2.05, 4.69) is 68.9 Å². The van der Waals surface area contributed by atoms with Crippen LogP contribution in [0.1, 0.15) is 30.3 Å². The van der Waals surface area contributed by atoms with Crippen LogP contribution in [-0.4, -0.2) is 4.98 Å². The Morgan fingerprint density at radius 3 is 2.60 bits per heavy atom. The average molecular weight is 283 g/mol. The minimum absolute atomic E-state index is 0.474. The highest BCUT2D eigenvalue weighted by Gasteiger charge is 2.20.